The largest absolute Gasteiger partial charge is 0.411 e. The second-order valence-electron chi connectivity index (χ2n) is 4.15. The van der Waals surface area contributed by atoms with Crippen LogP contribution in [0.2, 0.25) is 0 Å². The van der Waals surface area contributed by atoms with E-state index in [4.69, 9.17) is 0 Å². The van der Waals surface area contributed by atoms with Crippen LogP contribution in [0.25, 0.3) is 0 Å². The highest BCUT2D eigenvalue weighted by Gasteiger charge is 2.27. The van der Waals surface area contributed by atoms with Crippen molar-refractivity contribution in [3.05, 3.63) is 0 Å². The zero-order valence-electron chi connectivity index (χ0n) is 10.2. The number of alkyl halides is 3. The molecule has 0 aliphatic heterocycles. The zero-order chi connectivity index (χ0) is 12.6. The molecule has 0 heterocycles. The Labute approximate surface area is 95.5 Å². The molecule has 2 nitrogen and oxygen atoms in total. The first-order valence-corrected chi connectivity index (χ1v) is 5.74. The quantitative estimate of drug-likeness (QED) is 0.660. The first-order chi connectivity index (χ1) is 7.37. The monoisotopic (exact) mass is 241 g/mol. The zero-order valence-corrected chi connectivity index (χ0v) is 10.2. The maximum atomic E-state index is 11.7. The first-order valence-electron chi connectivity index (χ1n) is 5.74. The Morgan fingerprint density at radius 1 is 1.25 bits per heavy atom. The third-order valence-corrected chi connectivity index (χ3v) is 2.69. The Kier molecular flexibility index (Phi) is 7.76. The van der Waals surface area contributed by atoms with Gasteiger partial charge >= 0.3 is 6.18 Å². The number of halogens is 3. The lowest BCUT2D eigenvalue weighted by molar-refractivity contribution is -0.173. The number of rotatable bonds is 8. The van der Waals surface area contributed by atoms with Gasteiger partial charge in [-0.15, -0.1) is 0 Å². The van der Waals surface area contributed by atoms with E-state index in [1.54, 1.807) is 0 Å². The summed E-state index contributed by atoms with van der Waals surface area (Å²) in [5.41, 5.74) is 0. The number of hydrogen-bond acceptors (Lipinski definition) is 2. The molecule has 2 unspecified atom stereocenters. The van der Waals surface area contributed by atoms with Gasteiger partial charge in [-0.2, -0.15) is 13.2 Å². The van der Waals surface area contributed by atoms with Gasteiger partial charge in [-0.25, -0.2) is 0 Å². The van der Waals surface area contributed by atoms with Crippen molar-refractivity contribution in [1.82, 2.24) is 5.32 Å². The molecule has 0 bridgehead atoms. The van der Waals surface area contributed by atoms with Crippen LogP contribution in [0, 0.1) is 5.92 Å². The van der Waals surface area contributed by atoms with E-state index in [-0.39, 0.29) is 6.61 Å². The second-order valence-corrected chi connectivity index (χ2v) is 4.15. The molecule has 0 aromatic heterocycles. The molecule has 0 fully saturated rings. The van der Waals surface area contributed by atoms with Crippen molar-refractivity contribution >= 4 is 0 Å². The third kappa shape index (κ3) is 8.97. The number of ether oxygens (including phenoxy) is 1. The average molecular weight is 241 g/mol. The van der Waals surface area contributed by atoms with Gasteiger partial charge in [-0.05, 0) is 25.8 Å². The summed E-state index contributed by atoms with van der Waals surface area (Å²) in [5.74, 6) is 0.580. The van der Waals surface area contributed by atoms with Crippen molar-refractivity contribution in [1.29, 1.82) is 0 Å². The maximum absolute atomic E-state index is 11.7. The van der Waals surface area contributed by atoms with E-state index in [9.17, 15) is 13.2 Å². The van der Waals surface area contributed by atoms with Gasteiger partial charge in [0.05, 0.1) is 0 Å². The van der Waals surface area contributed by atoms with Crippen molar-refractivity contribution < 1.29 is 17.9 Å². The molecule has 0 aliphatic rings. The highest BCUT2D eigenvalue weighted by atomic mass is 19.4. The predicted molar refractivity (Wildman–Crippen MR) is 58.4 cm³/mol. The number of nitrogens with one attached hydrogen (secondary N) is 1. The Morgan fingerprint density at radius 2 is 1.88 bits per heavy atom. The lowest BCUT2D eigenvalue weighted by Gasteiger charge is -2.19. The summed E-state index contributed by atoms with van der Waals surface area (Å²) >= 11 is 0. The van der Waals surface area contributed by atoms with E-state index < -0.39 is 12.8 Å². The SMILES string of the molecule is CCC(C)C(C)NCCCOCC(F)(F)F. The summed E-state index contributed by atoms with van der Waals surface area (Å²) in [5, 5.41) is 3.27. The van der Waals surface area contributed by atoms with Crippen molar-refractivity contribution in [3.8, 4) is 0 Å². The van der Waals surface area contributed by atoms with E-state index >= 15 is 0 Å². The fourth-order valence-corrected chi connectivity index (χ4v) is 1.25. The van der Waals surface area contributed by atoms with Crippen LogP contribution in [0.1, 0.15) is 33.6 Å². The van der Waals surface area contributed by atoms with Crippen LogP contribution in [0.15, 0.2) is 0 Å². The summed E-state index contributed by atoms with van der Waals surface area (Å²) < 4.78 is 39.6. The van der Waals surface area contributed by atoms with Gasteiger partial charge in [0.25, 0.3) is 0 Å². The predicted octanol–water partition coefficient (Wildman–Crippen LogP) is 2.98. The molecule has 5 heteroatoms. The molecule has 16 heavy (non-hydrogen) atoms. The molecule has 0 rings (SSSR count). The Balaban J connectivity index is 3.34. The second kappa shape index (κ2) is 7.90. The molecule has 0 spiro atoms. The van der Waals surface area contributed by atoms with Crippen molar-refractivity contribution in [3.63, 3.8) is 0 Å². The molecule has 0 aromatic carbocycles. The molecule has 0 saturated carbocycles. The van der Waals surface area contributed by atoms with Gasteiger partial charge in [-0.3, -0.25) is 0 Å². The van der Waals surface area contributed by atoms with Gasteiger partial charge in [0.15, 0.2) is 0 Å². The molecule has 2 atom stereocenters. The normalized spacial score (nSPS) is 16.1. The molecular weight excluding hydrogens is 219 g/mol. The van der Waals surface area contributed by atoms with E-state index in [1.807, 2.05) is 0 Å². The van der Waals surface area contributed by atoms with Gasteiger partial charge in [0, 0.05) is 12.6 Å². The van der Waals surface area contributed by atoms with Crippen molar-refractivity contribution in [2.24, 2.45) is 5.92 Å². The molecule has 0 aromatic rings. The summed E-state index contributed by atoms with van der Waals surface area (Å²) in [6.07, 6.45) is -2.51. The highest BCUT2D eigenvalue weighted by Crippen LogP contribution is 2.14. The van der Waals surface area contributed by atoms with Crippen molar-refractivity contribution in [2.75, 3.05) is 19.8 Å². The summed E-state index contributed by atoms with van der Waals surface area (Å²) in [7, 11) is 0. The first kappa shape index (κ1) is 15.7. The lowest BCUT2D eigenvalue weighted by Crippen LogP contribution is -2.33. The lowest BCUT2D eigenvalue weighted by atomic mass is 10.0. The Morgan fingerprint density at radius 3 is 2.38 bits per heavy atom. The minimum atomic E-state index is -4.21. The summed E-state index contributed by atoms with van der Waals surface area (Å²) in [6.45, 7) is 6.06. The van der Waals surface area contributed by atoms with Crippen LogP contribution >= 0.6 is 0 Å². The molecule has 1 N–H and O–H groups in total. The average Bonchev–Trinajstić information content (AvgIpc) is 2.20. The van der Waals surface area contributed by atoms with E-state index in [1.165, 1.54) is 0 Å². The van der Waals surface area contributed by atoms with Crippen LogP contribution < -0.4 is 5.32 Å². The van der Waals surface area contributed by atoms with Crippen LogP contribution in [0.5, 0.6) is 0 Å². The van der Waals surface area contributed by atoms with Gasteiger partial charge in [-0.1, -0.05) is 20.3 Å². The Hall–Kier alpha value is -0.290. The van der Waals surface area contributed by atoms with Crippen LogP contribution in [0.4, 0.5) is 13.2 Å². The van der Waals surface area contributed by atoms with Gasteiger partial charge in [0.1, 0.15) is 6.61 Å². The van der Waals surface area contributed by atoms with Gasteiger partial charge in [0.2, 0.25) is 0 Å². The van der Waals surface area contributed by atoms with Crippen LogP contribution in [-0.2, 0) is 4.74 Å². The summed E-state index contributed by atoms with van der Waals surface area (Å²) in [6, 6.07) is 0.396. The minimum Gasteiger partial charge on any atom is -0.372 e. The highest BCUT2D eigenvalue weighted by molar-refractivity contribution is 4.66. The number of hydrogen-bond donors (Lipinski definition) is 1. The smallest absolute Gasteiger partial charge is 0.372 e. The molecule has 0 aliphatic carbocycles. The van der Waals surface area contributed by atoms with Crippen LogP contribution in [-0.4, -0.2) is 32.0 Å². The standard InChI is InChI=1S/C11H22F3NO/c1-4-9(2)10(3)15-6-5-7-16-8-11(12,13)14/h9-10,15H,4-8H2,1-3H3. The molecule has 0 radical (unpaired) electrons. The maximum Gasteiger partial charge on any atom is 0.411 e. The van der Waals surface area contributed by atoms with Crippen molar-refractivity contribution in [2.45, 2.75) is 45.8 Å². The summed E-state index contributed by atoms with van der Waals surface area (Å²) in [4.78, 5) is 0. The van der Waals surface area contributed by atoms with E-state index in [2.05, 4.69) is 30.8 Å². The van der Waals surface area contributed by atoms with Crippen LogP contribution in [0.3, 0.4) is 0 Å². The topological polar surface area (TPSA) is 21.3 Å². The molecule has 0 saturated heterocycles. The fourth-order valence-electron chi connectivity index (χ4n) is 1.25. The molecule has 98 valence electrons. The van der Waals surface area contributed by atoms with Gasteiger partial charge < -0.3 is 10.1 Å². The van der Waals surface area contributed by atoms with E-state index in [0.29, 0.717) is 24.9 Å². The Bertz CT molecular complexity index is 173. The molecular formula is C11H22F3NO. The van der Waals surface area contributed by atoms with E-state index in [0.717, 1.165) is 6.42 Å². The molecule has 0 amide bonds. The minimum absolute atomic E-state index is 0.153. The third-order valence-electron chi connectivity index (χ3n) is 2.69. The fraction of sp³-hybridized carbons (Fsp3) is 1.00.